The molecule has 2 nitrogen and oxygen atoms in total. The van der Waals surface area contributed by atoms with Crippen LogP contribution in [0.15, 0.2) is 24.3 Å². The summed E-state index contributed by atoms with van der Waals surface area (Å²) in [5, 5.41) is 3.41. The molecule has 94 valence electrons. The van der Waals surface area contributed by atoms with Gasteiger partial charge in [0.2, 0.25) is 0 Å². The van der Waals surface area contributed by atoms with Crippen molar-refractivity contribution in [2.45, 2.75) is 31.4 Å². The molecular weight excluding hydrogens is 325 g/mol. The molecule has 0 saturated heterocycles. The van der Waals surface area contributed by atoms with Gasteiger partial charge in [0, 0.05) is 16.7 Å². The Morgan fingerprint density at radius 2 is 2.00 bits per heavy atom. The predicted molar refractivity (Wildman–Crippen MR) is 79.2 cm³/mol. The zero-order valence-corrected chi connectivity index (χ0v) is 12.6. The van der Waals surface area contributed by atoms with Crippen molar-refractivity contribution >= 4 is 22.6 Å². The molecule has 0 aliphatic heterocycles. The zero-order chi connectivity index (χ0) is 12.3. The largest absolute Gasteiger partial charge is 0.380 e. The number of benzene rings is 1. The van der Waals surface area contributed by atoms with Crippen LogP contribution in [-0.2, 0) is 11.2 Å². The molecule has 1 N–H and O–H groups in total. The molecule has 1 aliphatic carbocycles. The first kappa shape index (κ1) is 13.3. The van der Waals surface area contributed by atoms with Crippen LogP contribution in [0.2, 0.25) is 0 Å². The second kappa shape index (κ2) is 6.16. The van der Waals surface area contributed by atoms with Crippen molar-refractivity contribution in [2.75, 3.05) is 14.2 Å². The second-order valence-corrected chi connectivity index (χ2v) is 6.01. The molecule has 1 aliphatic rings. The van der Waals surface area contributed by atoms with E-state index in [1.807, 2.05) is 14.2 Å². The van der Waals surface area contributed by atoms with Gasteiger partial charge in [-0.25, -0.2) is 0 Å². The molecule has 2 unspecified atom stereocenters. The monoisotopic (exact) mass is 345 g/mol. The number of likely N-dealkylation sites (N-methyl/N-ethyl adjacent to an activating group) is 1. The highest BCUT2D eigenvalue weighted by atomic mass is 127. The number of rotatable bonds is 6. The van der Waals surface area contributed by atoms with Crippen molar-refractivity contribution in [2.24, 2.45) is 5.92 Å². The Balaban J connectivity index is 2.00. The molecule has 0 aromatic heterocycles. The summed E-state index contributed by atoms with van der Waals surface area (Å²) in [6, 6.07) is 9.19. The van der Waals surface area contributed by atoms with Gasteiger partial charge in [-0.2, -0.15) is 0 Å². The SMILES string of the molecule is CNC(Cc1ccc(I)cc1)C(OC)C1CC1. The van der Waals surface area contributed by atoms with E-state index in [4.69, 9.17) is 4.74 Å². The molecule has 3 heteroatoms. The maximum Gasteiger partial charge on any atom is 0.0755 e. The van der Waals surface area contributed by atoms with Crippen molar-refractivity contribution in [3.8, 4) is 0 Å². The third-order valence-corrected chi connectivity index (χ3v) is 4.21. The Hall–Kier alpha value is -0.130. The smallest absolute Gasteiger partial charge is 0.0755 e. The van der Waals surface area contributed by atoms with E-state index in [1.54, 1.807) is 0 Å². The Kier molecular flexibility index (Phi) is 4.82. The average Bonchev–Trinajstić information content (AvgIpc) is 3.16. The lowest BCUT2D eigenvalue weighted by molar-refractivity contribution is 0.0534. The first-order chi connectivity index (χ1) is 8.24. The molecule has 0 heterocycles. The summed E-state index contributed by atoms with van der Waals surface area (Å²) >= 11 is 2.34. The maximum absolute atomic E-state index is 5.66. The van der Waals surface area contributed by atoms with E-state index in [2.05, 4.69) is 52.2 Å². The molecule has 2 atom stereocenters. The van der Waals surface area contributed by atoms with Gasteiger partial charge >= 0.3 is 0 Å². The van der Waals surface area contributed by atoms with Gasteiger partial charge in [0.25, 0.3) is 0 Å². The highest BCUT2D eigenvalue weighted by molar-refractivity contribution is 14.1. The van der Waals surface area contributed by atoms with Crippen molar-refractivity contribution in [3.63, 3.8) is 0 Å². The van der Waals surface area contributed by atoms with Crippen LogP contribution < -0.4 is 5.32 Å². The van der Waals surface area contributed by atoms with Gasteiger partial charge in [-0.3, -0.25) is 0 Å². The Bertz CT molecular complexity index is 348. The minimum Gasteiger partial charge on any atom is -0.380 e. The predicted octanol–water partition coefficient (Wildman–Crippen LogP) is 2.85. The number of ether oxygens (including phenoxy) is 1. The molecule has 1 aromatic carbocycles. The third-order valence-electron chi connectivity index (χ3n) is 3.50. The summed E-state index contributed by atoms with van der Waals surface area (Å²) in [6.45, 7) is 0. The van der Waals surface area contributed by atoms with Gasteiger partial charge in [0.1, 0.15) is 0 Å². The lowest BCUT2D eigenvalue weighted by Crippen LogP contribution is -2.41. The Labute approximate surface area is 117 Å². The minimum absolute atomic E-state index is 0.360. The molecule has 0 radical (unpaired) electrons. The third kappa shape index (κ3) is 3.66. The summed E-state index contributed by atoms with van der Waals surface area (Å²) < 4.78 is 6.95. The van der Waals surface area contributed by atoms with Crippen LogP contribution in [0, 0.1) is 9.49 Å². The first-order valence-electron chi connectivity index (χ1n) is 6.19. The standard InChI is InChI=1S/C14H20INO/c1-16-13(14(17-2)11-5-6-11)9-10-3-7-12(15)8-4-10/h3-4,7-8,11,13-14,16H,5-6,9H2,1-2H3. The second-order valence-electron chi connectivity index (χ2n) is 4.76. The lowest BCUT2D eigenvalue weighted by Gasteiger charge is -2.25. The van der Waals surface area contributed by atoms with Crippen LogP contribution in [0.25, 0.3) is 0 Å². The van der Waals surface area contributed by atoms with Gasteiger partial charge in [0.15, 0.2) is 0 Å². The molecule has 17 heavy (non-hydrogen) atoms. The van der Waals surface area contributed by atoms with Crippen LogP contribution in [0.3, 0.4) is 0 Å². The van der Waals surface area contributed by atoms with Gasteiger partial charge in [-0.15, -0.1) is 0 Å². The normalized spacial score (nSPS) is 19.0. The fourth-order valence-electron chi connectivity index (χ4n) is 2.37. The van der Waals surface area contributed by atoms with E-state index in [0.717, 1.165) is 12.3 Å². The maximum atomic E-state index is 5.66. The number of methoxy groups -OCH3 is 1. The fourth-order valence-corrected chi connectivity index (χ4v) is 2.73. The minimum atomic E-state index is 0.360. The van der Waals surface area contributed by atoms with Crippen LogP contribution in [-0.4, -0.2) is 26.3 Å². The van der Waals surface area contributed by atoms with Crippen LogP contribution in [0.1, 0.15) is 18.4 Å². The van der Waals surface area contributed by atoms with E-state index in [-0.39, 0.29) is 0 Å². The van der Waals surface area contributed by atoms with E-state index >= 15 is 0 Å². The van der Waals surface area contributed by atoms with Crippen molar-refractivity contribution in [1.82, 2.24) is 5.32 Å². The highest BCUT2D eigenvalue weighted by Crippen LogP contribution is 2.36. The fraction of sp³-hybridized carbons (Fsp3) is 0.571. The summed E-state index contributed by atoms with van der Waals surface area (Å²) in [5.41, 5.74) is 1.38. The van der Waals surface area contributed by atoms with E-state index < -0.39 is 0 Å². The average molecular weight is 345 g/mol. The molecular formula is C14H20INO. The van der Waals surface area contributed by atoms with E-state index in [1.165, 1.54) is 22.0 Å². The van der Waals surface area contributed by atoms with Gasteiger partial charge in [-0.05, 0) is 72.5 Å². The number of nitrogens with one attached hydrogen (secondary N) is 1. The summed E-state index contributed by atoms with van der Waals surface area (Å²) in [6.07, 6.45) is 4.05. The van der Waals surface area contributed by atoms with Gasteiger partial charge < -0.3 is 10.1 Å². The summed E-state index contributed by atoms with van der Waals surface area (Å²) in [7, 11) is 3.87. The Morgan fingerprint density at radius 1 is 1.35 bits per heavy atom. The van der Waals surface area contributed by atoms with Crippen molar-refractivity contribution in [1.29, 1.82) is 0 Å². The van der Waals surface area contributed by atoms with E-state index in [9.17, 15) is 0 Å². The Morgan fingerprint density at radius 3 is 2.47 bits per heavy atom. The number of hydrogen-bond donors (Lipinski definition) is 1. The molecule has 0 amide bonds. The molecule has 1 aromatic rings. The molecule has 2 rings (SSSR count). The van der Waals surface area contributed by atoms with Crippen molar-refractivity contribution < 1.29 is 4.74 Å². The summed E-state index contributed by atoms with van der Waals surface area (Å²) in [4.78, 5) is 0. The molecule has 0 spiro atoms. The number of hydrogen-bond acceptors (Lipinski definition) is 2. The van der Waals surface area contributed by atoms with Crippen LogP contribution in [0.4, 0.5) is 0 Å². The van der Waals surface area contributed by atoms with Crippen LogP contribution in [0.5, 0.6) is 0 Å². The zero-order valence-electron chi connectivity index (χ0n) is 10.4. The van der Waals surface area contributed by atoms with Gasteiger partial charge in [0.05, 0.1) is 6.10 Å². The number of halogens is 1. The van der Waals surface area contributed by atoms with Gasteiger partial charge in [-0.1, -0.05) is 12.1 Å². The lowest BCUT2D eigenvalue weighted by atomic mass is 9.98. The van der Waals surface area contributed by atoms with Crippen LogP contribution >= 0.6 is 22.6 Å². The summed E-state index contributed by atoms with van der Waals surface area (Å²) in [5.74, 6) is 0.765. The van der Waals surface area contributed by atoms with Crippen molar-refractivity contribution in [3.05, 3.63) is 33.4 Å². The molecule has 0 bridgehead atoms. The molecule has 1 fully saturated rings. The topological polar surface area (TPSA) is 21.3 Å². The highest BCUT2D eigenvalue weighted by Gasteiger charge is 2.36. The first-order valence-corrected chi connectivity index (χ1v) is 7.27. The quantitative estimate of drug-likeness (QED) is 0.801. The van der Waals surface area contributed by atoms with E-state index in [0.29, 0.717) is 12.1 Å². The molecule has 1 saturated carbocycles.